The van der Waals surface area contributed by atoms with Crippen molar-refractivity contribution in [3.63, 3.8) is 0 Å². The summed E-state index contributed by atoms with van der Waals surface area (Å²) < 4.78 is 0. The Morgan fingerprint density at radius 3 is 2.90 bits per heavy atom. The van der Waals surface area contributed by atoms with Crippen LogP contribution in [-0.4, -0.2) is 34.8 Å². The second kappa shape index (κ2) is 5.96. The van der Waals surface area contributed by atoms with Crippen LogP contribution < -0.4 is 10.6 Å². The Kier molecular flexibility index (Phi) is 3.87. The largest absolute Gasteiger partial charge is 0.355 e. The molecule has 2 N–H and O–H groups in total. The minimum atomic E-state index is 0.573. The van der Waals surface area contributed by atoms with Crippen molar-refractivity contribution in [2.24, 2.45) is 11.7 Å². The van der Waals surface area contributed by atoms with Gasteiger partial charge in [-0.05, 0) is 49.6 Å². The average molecular weight is 269 g/mol. The maximum absolute atomic E-state index is 5.77. The van der Waals surface area contributed by atoms with Crippen LogP contribution in [0, 0.1) is 5.92 Å². The predicted octanol–water partition coefficient (Wildman–Crippen LogP) is 1.71. The molecule has 0 aromatic carbocycles. The van der Waals surface area contributed by atoms with Crippen LogP contribution in [0.4, 0.5) is 5.82 Å². The number of piperidine rings is 1. The molecule has 104 valence electrons. The Labute approximate surface area is 118 Å². The van der Waals surface area contributed by atoms with Gasteiger partial charge in [0.15, 0.2) is 5.82 Å². The fraction of sp³-hybridized carbons (Fsp3) is 0.400. The normalized spacial score (nSPS) is 19.1. The molecule has 0 bridgehead atoms. The van der Waals surface area contributed by atoms with Gasteiger partial charge in [0.25, 0.3) is 0 Å². The van der Waals surface area contributed by atoms with Crippen molar-refractivity contribution >= 4 is 5.82 Å². The highest BCUT2D eigenvalue weighted by molar-refractivity contribution is 5.58. The molecular weight excluding hydrogens is 250 g/mol. The third kappa shape index (κ3) is 2.77. The predicted molar refractivity (Wildman–Crippen MR) is 79.3 cm³/mol. The summed E-state index contributed by atoms with van der Waals surface area (Å²) in [5.41, 5.74) is 7.62. The van der Waals surface area contributed by atoms with E-state index < -0.39 is 0 Å². The number of anilines is 1. The van der Waals surface area contributed by atoms with Gasteiger partial charge in [0.05, 0.1) is 5.69 Å². The maximum atomic E-state index is 5.77. The van der Waals surface area contributed by atoms with Gasteiger partial charge in [-0.1, -0.05) is 0 Å². The Morgan fingerprint density at radius 1 is 1.25 bits per heavy atom. The zero-order valence-electron chi connectivity index (χ0n) is 11.4. The summed E-state index contributed by atoms with van der Waals surface area (Å²) >= 11 is 0. The van der Waals surface area contributed by atoms with E-state index in [0.29, 0.717) is 5.92 Å². The molecule has 0 radical (unpaired) electrons. The van der Waals surface area contributed by atoms with E-state index in [2.05, 4.69) is 20.1 Å². The lowest BCUT2D eigenvalue weighted by atomic mass is 9.98. The number of pyridine rings is 1. The first kappa shape index (κ1) is 13.0. The Hall–Kier alpha value is -2.01. The van der Waals surface area contributed by atoms with Crippen LogP contribution in [0.1, 0.15) is 12.8 Å². The molecule has 5 nitrogen and oxygen atoms in total. The molecule has 3 rings (SSSR count). The molecule has 0 saturated carbocycles. The van der Waals surface area contributed by atoms with E-state index in [1.54, 1.807) is 12.4 Å². The molecule has 1 atom stereocenters. The lowest BCUT2D eigenvalue weighted by Gasteiger charge is -2.32. The molecule has 2 aromatic heterocycles. The van der Waals surface area contributed by atoms with Gasteiger partial charge in [0.1, 0.15) is 0 Å². The standard InChI is InChI=1S/C15H19N5/c16-9-12-3-2-8-20(11-12)15-6-5-14(18-19-15)13-4-1-7-17-10-13/h1,4-7,10,12H,2-3,8-9,11,16H2. The first-order valence-electron chi connectivity index (χ1n) is 7.06. The summed E-state index contributed by atoms with van der Waals surface area (Å²) in [6.45, 7) is 2.77. The maximum Gasteiger partial charge on any atom is 0.151 e. The number of rotatable bonds is 3. The molecular formula is C15H19N5. The minimum Gasteiger partial charge on any atom is -0.355 e. The Balaban J connectivity index is 1.76. The first-order valence-corrected chi connectivity index (χ1v) is 7.06. The van der Waals surface area contributed by atoms with Gasteiger partial charge in [-0.3, -0.25) is 4.98 Å². The zero-order valence-corrected chi connectivity index (χ0v) is 11.4. The Bertz CT molecular complexity index is 540. The summed E-state index contributed by atoms with van der Waals surface area (Å²) in [5, 5.41) is 8.67. The summed E-state index contributed by atoms with van der Waals surface area (Å²) in [5.74, 6) is 1.51. The second-order valence-corrected chi connectivity index (χ2v) is 5.21. The molecule has 1 aliphatic heterocycles. The quantitative estimate of drug-likeness (QED) is 0.918. The number of nitrogens with zero attached hydrogens (tertiary/aromatic N) is 4. The summed E-state index contributed by atoms with van der Waals surface area (Å²) in [6.07, 6.45) is 5.95. The van der Waals surface area contributed by atoms with Gasteiger partial charge in [0.2, 0.25) is 0 Å². The molecule has 20 heavy (non-hydrogen) atoms. The molecule has 1 fully saturated rings. The van der Waals surface area contributed by atoms with Crippen molar-refractivity contribution in [2.75, 3.05) is 24.5 Å². The van der Waals surface area contributed by atoms with Gasteiger partial charge in [-0.2, -0.15) is 0 Å². The summed E-state index contributed by atoms with van der Waals surface area (Å²) in [4.78, 5) is 6.38. The highest BCUT2D eigenvalue weighted by Gasteiger charge is 2.20. The van der Waals surface area contributed by atoms with Crippen LogP contribution in [0.2, 0.25) is 0 Å². The van der Waals surface area contributed by atoms with Gasteiger partial charge < -0.3 is 10.6 Å². The van der Waals surface area contributed by atoms with Crippen LogP contribution in [0.25, 0.3) is 11.3 Å². The van der Waals surface area contributed by atoms with Crippen molar-refractivity contribution in [3.8, 4) is 11.3 Å². The van der Waals surface area contributed by atoms with E-state index in [0.717, 1.165) is 36.7 Å². The molecule has 2 aromatic rings. The van der Waals surface area contributed by atoms with Gasteiger partial charge in [-0.25, -0.2) is 0 Å². The smallest absolute Gasteiger partial charge is 0.151 e. The first-order chi connectivity index (χ1) is 9.86. The van der Waals surface area contributed by atoms with Crippen molar-refractivity contribution in [3.05, 3.63) is 36.7 Å². The van der Waals surface area contributed by atoms with Crippen molar-refractivity contribution < 1.29 is 0 Å². The lowest BCUT2D eigenvalue weighted by Crippen LogP contribution is -2.38. The van der Waals surface area contributed by atoms with Crippen molar-refractivity contribution in [1.29, 1.82) is 0 Å². The highest BCUT2D eigenvalue weighted by Crippen LogP contribution is 2.22. The van der Waals surface area contributed by atoms with Crippen molar-refractivity contribution in [2.45, 2.75) is 12.8 Å². The van der Waals surface area contributed by atoms with E-state index in [4.69, 9.17) is 5.73 Å². The zero-order chi connectivity index (χ0) is 13.8. The molecule has 1 unspecified atom stereocenters. The van der Waals surface area contributed by atoms with E-state index in [-0.39, 0.29) is 0 Å². The van der Waals surface area contributed by atoms with Crippen LogP contribution in [0.5, 0.6) is 0 Å². The number of hydrogen-bond donors (Lipinski definition) is 1. The van der Waals surface area contributed by atoms with Gasteiger partial charge in [0, 0.05) is 31.0 Å². The average Bonchev–Trinajstić information content (AvgIpc) is 2.56. The lowest BCUT2D eigenvalue weighted by molar-refractivity contribution is 0.421. The molecule has 3 heterocycles. The highest BCUT2D eigenvalue weighted by atomic mass is 15.3. The SMILES string of the molecule is NCC1CCCN(c2ccc(-c3cccnc3)nn2)C1. The van der Waals surface area contributed by atoms with Crippen LogP contribution in [0.15, 0.2) is 36.7 Å². The van der Waals surface area contributed by atoms with E-state index in [1.165, 1.54) is 12.8 Å². The van der Waals surface area contributed by atoms with Crippen LogP contribution >= 0.6 is 0 Å². The third-order valence-corrected chi connectivity index (χ3v) is 3.78. The molecule has 5 heteroatoms. The van der Waals surface area contributed by atoms with E-state index >= 15 is 0 Å². The monoisotopic (exact) mass is 269 g/mol. The molecule has 0 amide bonds. The minimum absolute atomic E-state index is 0.573. The molecule has 0 spiro atoms. The number of nitrogens with two attached hydrogens (primary N) is 1. The number of aromatic nitrogens is 3. The van der Waals surface area contributed by atoms with Crippen LogP contribution in [0.3, 0.4) is 0 Å². The topological polar surface area (TPSA) is 67.9 Å². The molecule has 1 saturated heterocycles. The number of hydrogen-bond acceptors (Lipinski definition) is 5. The third-order valence-electron chi connectivity index (χ3n) is 3.78. The van der Waals surface area contributed by atoms with Crippen LogP contribution in [-0.2, 0) is 0 Å². The molecule has 0 aliphatic carbocycles. The summed E-state index contributed by atoms with van der Waals surface area (Å²) in [7, 11) is 0. The Morgan fingerprint density at radius 2 is 2.20 bits per heavy atom. The fourth-order valence-electron chi connectivity index (χ4n) is 2.63. The molecule has 1 aliphatic rings. The van der Waals surface area contributed by atoms with Crippen molar-refractivity contribution in [1.82, 2.24) is 15.2 Å². The fourth-order valence-corrected chi connectivity index (χ4v) is 2.63. The second-order valence-electron chi connectivity index (χ2n) is 5.21. The summed E-state index contributed by atoms with van der Waals surface area (Å²) in [6, 6.07) is 7.93. The van der Waals surface area contributed by atoms with Gasteiger partial charge in [-0.15, -0.1) is 10.2 Å². The van der Waals surface area contributed by atoms with E-state index in [9.17, 15) is 0 Å². The van der Waals surface area contributed by atoms with E-state index in [1.807, 2.05) is 24.3 Å². The van der Waals surface area contributed by atoms with Gasteiger partial charge >= 0.3 is 0 Å².